The van der Waals surface area contributed by atoms with Crippen LogP contribution >= 0.6 is 23.4 Å². The Morgan fingerprint density at radius 1 is 1.50 bits per heavy atom. The number of halogens is 1. The molecule has 6 heteroatoms. The smallest absolute Gasteiger partial charge is 0.297 e. The van der Waals surface area contributed by atoms with Crippen LogP contribution in [0.15, 0.2) is 40.3 Å². The molecule has 1 atom stereocenters. The van der Waals surface area contributed by atoms with Gasteiger partial charge in [0.05, 0.1) is 13.4 Å². The van der Waals surface area contributed by atoms with Gasteiger partial charge in [-0.15, -0.1) is 11.8 Å². The molecule has 104 valence electrons. The van der Waals surface area contributed by atoms with Gasteiger partial charge in [0.25, 0.3) is 5.56 Å². The lowest BCUT2D eigenvalue weighted by Crippen LogP contribution is -2.25. The molecule has 0 saturated carbocycles. The SMILES string of the molecule is COc1c(Cl)ncn(CC2CSc3ccccc32)c1=O. The van der Waals surface area contributed by atoms with Crippen molar-refractivity contribution in [2.45, 2.75) is 17.4 Å². The fourth-order valence-corrected chi connectivity index (χ4v) is 3.81. The molecule has 1 aliphatic rings. The first-order valence-electron chi connectivity index (χ1n) is 6.21. The van der Waals surface area contributed by atoms with E-state index in [1.165, 1.54) is 23.9 Å². The fraction of sp³-hybridized carbons (Fsp3) is 0.286. The van der Waals surface area contributed by atoms with Gasteiger partial charge >= 0.3 is 0 Å². The molecule has 0 N–H and O–H groups in total. The quantitative estimate of drug-likeness (QED) is 0.818. The van der Waals surface area contributed by atoms with Gasteiger partial charge in [-0.05, 0) is 11.6 Å². The van der Waals surface area contributed by atoms with E-state index < -0.39 is 0 Å². The number of methoxy groups -OCH3 is 1. The number of thioether (sulfide) groups is 1. The second-order valence-corrected chi connectivity index (χ2v) is 5.99. The summed E-state index contributed by atoms with van der Waals surface area (Å²) in [5, 5.41) is 0.106. The summed E-state index contributed by atoms with van der Waals surface area (Å²) in [6.07, 6.45) is 1.48. The van der Waals surface area contributed by atoms with Gasteiger partial charge < -0.3 is 4.74 Å². The van der Waals surface area contributed by atoms with Gasteiger partial charge in [-0.25, -0.2) is 4.98 Å². The summed E-state index contributed by atoms with van der Waals surface area (Å²) < 4.78 is 6.58. The van der Waals surface area contributed by atoms with Crippen molar-refractivity contribution in [2.24, 2.45) is 0 Å². The molecular formula is C14H13ClN2O2S. The van der Waals surface area contributed by atoms with E-state index in [1.54, 1.807) is 4.57 Å². The highest BCUT2D eigenvalue weighted by atomic mass is 35.5. The predicted octanol–water partition coefficient (Wildman–Crippen LogP) is 2.79. The van der Waals surface area contributed by atoms with E-state index in [1.807, 2.05) is 23.9 Å². The highest BCUT2D eigenvalue weighted by Gasteiger charge is 2.24. The summed E-state index contributed by atoms with van der Waals surface area (Å²) in [6, 6.07) is 8.30. The van der Waals surface area contributed by atoms with E-state index in [0.717, 1.165) is 5.75 Å². The van der Waals surface area contributed by atoms with Gasteiger partial charge in [0.1, 0.15) is 0 Å². The first-order valence-corrected chi connectivity index (χ1v) is 7.57. The van der Waals surface area contributed by atoms with E-state index in [9.17, 15) is 4.79 Å². The average Bonchev–Trinajstić information content (AvgIpc) is 2.86. The van der Waals surface area contributed by atoms with E-state index in [2.05, 4.69) is 17.1 Å². The van der Waals surface area contributed by atoms with Crippen LogP contribution < -0.4 is 10.3 Å². The molecule has 2 aromatic rings. The molecule has 0 fully saturated rings. The monoisotopic (exact) mass is 308 g/mol. The summed E-state index contributed by atoms with van der Waals surface area (Å²) in [6.45, 7) is 0.587. The van der Waals surface area contributed by atoms with Gasteiger partial charge in [0, 0.05) is 23.1 Å². The van der Waals surface area contributed by atoms with Crippen LogP contribution in [0.4, 0.5) is 0 Å². The number of rotatable bonds is 3. The number of fused-ring (bicyclic) bond motifs is 1. The first-order chi connectivity index (χ1) is 9.70. The van der Waals surface area contributed by atoms with Crippen molar-refractivity contribution < 1.29 is 4.74 Å². The zero-order valence-corrected chi connectivity index (χ0v) is 12.4. The molecule has 1 aromatic carbocycles. The van der Waals surface area contributed by atoms with E-state index in [-0.39, 0.29) is 16.5 Å². The number of nitrogens with zero attached hydrogens (tertiary/aromatic N) is 2. The topological polar surface area (TPSA) is 44.1 Å². The highest BCUT2D eigenvalue weighted by molar-refractivity contribution is 7.99. The maximum atomic E-state index is 12.2. The minimum Gasteiger partial charge on any atom is -0.489 e. The largest absolute Gasteiger partial charge is 0.489 e. The van der Waals surface area contributed by atoms with E-state index in [4.69, 9.17) is 16.3 Å². The van der Waals surface area contributed by atoms with Crippen molar-refractivity contribution in [3.63, 3.8) is 0 Å². The minimum atomic E-state index is -0.234. The Hall–Kier alpha value is -1.46. The number of aromatic nitrogens is 2. The maximum absolute atomic E-state index is 12.2. The molecule has 1 aliphatic heterocycles. The van der Waals surface area contributed by atoms with Crippen molar-refractivity contribution >= 4 is 23.4 Å². The normalized spacial score (nSPS) is 17.0. The number of ether oxygens (including phenoxy) is 1. The molecule has 0 aliphatic carbocycles. The van der Waals surface area contributed by atoms with Crippen LogP contribution in [0.3, 0.4) is 0 Å². The molecule has 0 bridgehead atoms. The third-order valence-corrected chi connectivity index (χ3v) is 4.89. The summed E-state index contributed by atoms with van der Waals surface area (Å²) in [4.78, 5) is 17.5. The van der Waals surface area contributed by atoms with Crippen molar-refractivity contribution in [1.82, 2.24) is 9.55 Å². The molecule has 0 spiro atoms. The van der Waals surface area contributed by atoms with Crippen LogP contribution in [-0.2, 0) is 6.54 Å². The Labute approximate surface area is 125 Å². The Balaban J connectivity index is 1.92. The zero-order valence-electron chi connectivity index (χ0n) is 10.9. The maximum Gasteiger partial charge on any atom is 0.297 e. The predicted molar refractivity (Wildman–Crippen MR) is 80.0 cm³/mol. The lowest BCUT2D eigenvalue weighted by atomic mass is 10.0. The molecule has 0 amide bonds. The van der Waals surface area contributed by atoms with Gasteiger partial charge in [-0.3, -0.25) is 9.36 Å². The van der Waals surface area contributed by atoms with Gasteiger partial charge in [-0.2, -0.15) is 0 Å². The Morgan fingerprint density at radius 2 is 2.30 bits per heavy atom. The fourth-order valence-electron chi connectivity index (χ4n) is 2.37. The molecule has 1 aromatic heterocycles. The van der Waals surface area contributed by atoms with Crippen LogP contribution in [0.2, 0.25) is 5.15 Å². The van der Waals surface area contributed by atoms with Crippen molar-refractivity contribution in [3.8, 4) is 5.75 Å². The molecule has 4 nitrogen and oxygen atoms in total. The lowest BCUT2D eigenvalue weighted by molar-refractivity contribution is 0.397. The van der Waals surface area contributed by atoms with Crippen molar-refractivity contribution in [1.29, 1.82) is 0 Å². The minimum absolute atomic E-state index is 0.105. The number of benzene rings is 1. The molecular weight excluding hydrogens is 296 g/mol. The van der Waals surface area contributed by atoms with Gasteiger partial charge in [0.15, 0.2) is 5.15 Å². The van der Waals surface area contributed by atoms with E-state index in [0.29, 0.717) is 12.5 Å². The third-order valence-electron chi connectivity index (χ3n) is 3.37. The third kappa shape index (κ3) is 2.31. The molecule has 20 heavy (non-hydrogen) atoms. The van der Waals surface area contributed by atoms with Crippen LogP contribution in [0.5, 0.6) is 5.75 Å². The Kier molecular flexibility index (Phi) is 3.72. The highest BCUT2D eigenvalue weighted by Crippen LogP contribution is 2.39. The summed E-state index contributed by atoms with van der Waals surface area (Å²) in [7, 11) is 1.43. The summed E-state index contributed by atoms with van der Waals surface area (Å²) in [5.74, 6) is 1.38. The van der Waals surface area contributed by atoms with Crippen LogP contribution in [0.1, 0.15) is 11.5 Å². The second-order valence-electron chi connectivity index (χ2n) is 4.57. The van der Waals surface area contributed by atoms with Gasteiger partial charge in [-0.1, -0.05) is 29.8 Å². The van der Waals surface area contributed by atoms with Crippen LogP contribution in [0, 0.1) is 0 Å². The van der Waals surface area contributed by atoms with E-state index >= 15 is 0 Å². The standard InChI is InChI=1S/C14H13ClN2O2S/c1-19-12-13(15)16-8-17(14(12)18)6-9-7-20-11-5-3-2-4-10(9)11/h2-5,8-9H,6-7H2,1H3. The molecule has 0 radical (unpaired) electrons. The summed E-state index contributed by atoms with van der Waals surface area (Å²) >= 11 is 7.67. The Morgan fingerprint density at radius 3 is 3.10 bits per heavy atom. The van der Waals surface area contributed by atoms with Crippen LogP contribution in [-0.4, -0.2) is 22.4 Å². The molecule has 0 saturated heterocycles. The lowest BCUT2D eigenvalue weighted by Gasteiger charge is -2.13. The second kappa shape index (κ2) is 5.50. The zero-order chi connectivity index (χ0) is 14.1. The van der Waals surface area contributed by atoms with Crippen LogP contribution in [0.25, 0.3) is 0 Å². The van der Waals surface area contributed by atoms with Crippen molar-refractivity contribution in [2.75, 3.05) is 12.9 Å². The van der Waals surface area contributed by atoms with Gasteiger partial charge in [0.2, 0.25) is 5.75 Å². The Bertz CT molecular complexity index is 702. The molecule has 3 rings (SSSR count). The number of hydrogen-bond acceptors (Lipinski definition) is 4. The molecule has 2 heterocycles. The number of hydrogen-bond donors (Lipinski definition) is 0. The molecule has 1 unspecified atom stereocenters. The summed E-state index contributed by atoms with van der Waals surface area (Å²) in [5.41, 5.74) is 1.06. The average molecular weight is 309 g/mol. The van der Waals surface area contributed by atoms with Crippen molar-refractivity contribution in [3.05, 3.63) is 51.7 Å². The first kappa shape index (κ1) is 13.5.